The molecule has 148 valence electrons. The molecule has 1 unspecified atom stereocenters. The van der Waals surface area contributed by atoms with Crippen molar-refractivity contribution in [2.75, 3.05) is 13.2 Å². The van der Waals surface area contributed by atoms with Crippen molar-refractivity contribution in [3.63, 3.8) is 0 Å². The molecule has 0 bridgehead atoms. The monoisotopic (exact) mass is 397 g/mol. The van der Waals surface area contributed by atoms with Gasteiger partial charge in [-0.2, -0.15) is 13.2 Å². The molecule has 1 aliphatic heterocycles. The molecule has 1 heterocycles. The summed E-state index contributed by atoms with van der Waals surface area (Å²) in [6.45, 7) is 5.16. The van der Waals surface area contributed by atoms with Crippen LogP contribution in [0.15, 0.2) is 24.3 Å². The first kappa shape index (κ1) is 21.3. The van der Waals surface area contributed by atoms with Crippen molar-refractivity contribution in [1.82, 2.24) is 4.72 Å². The summed E-state index contributed by atoms with van der Waals surface area (Å²) in [5, 5.41) is 0. The zero-order valence-corrected chi connectivity index (χ0v) is 15.7. The van der Waals surface area contributed by atoms with E-state index in [4.69, 9.17) is 9.47 Å². The normalized spacial score (nSPS) is 20.1. The number of rotatable bonds is 6. The summed E-state index contributed by atoms with van der Waals surface area (Å²) in [5.41, 5.74) is 0.327. The van der Waals surface area contributed by atoms with E-state index in [1.165, 1.54) is 18.2 Å². The lowest BCUT2D eigenvalue weighted by atomic mass is 9.98. The van der Waals surface area contributed by atoms with E-state index in [2.05, 4.69) is 4.72 Å². The maximum Gasteiger partial charge on any atom is 0.404 e. The van der Waals surface area contributed by atoms with Gasteiger partial charge in [-0.15, -0.1) is 0 Å². The van der Waals surface area contributed by atoms with E-state index in [-0.39, 0.29) is 19.6 Å². The molecule has 0 amide bonds. The molecule has 1 aromatic carbocycles. The highest BCUT2D eigenvalue weighted by Crippen LogP contribution is 2.38. The van der Waals surface area contributed by atoms with E-state index in [1.54, 1.807) is 26.8 Å². The van der Waals surface area contributed by atoms with Gasteiger partial charge in [0.1, 0.15) is 11.9 Å². The van der Waals surface area contributed by atoms with Gasteiger partial charge in [0.05, 0.1) is 28.9 Å². The number of halogens is 4. The lowest BCUT2D eigenvalue weighted by molar-refractivity contribution is -0.186. The fourth-order valence-electron chi connectivity index (χ4n) is 2.57. The summed E-state index contributed by atoms with van der Waals surface area (Å²) in [4.78, 5) is 0. The van der Waals surface area contributed by atoms with Gasteiger partial charge >= 0.3 is 6.18 Å². The van der Waals surface area contributed by atoms with Gasteiger partial charge in [0.25, 0.3) is 0 Å². The summed E-state index contributed by atoms with van der Waals surface area (Å²) >= 11 is 0. The molecule has 4 nitrogen and oxygen atoms in total. The van der Waals surface area contributed by atoms with Crippen molar-refractivity contribution >= 4 is 11.0 Å². The molecule has 1 aromatic rings. The highest BCUT2D eigenvalue weighted by Gasteiger charge is 2.45. The Morgan fingerprint density at radius 2 is 1.85 bits per heavy atom. The van der Waals surface area contributed by atoms with Gasteiger partial charge in [-0.25, -0.2) is 13.3 Å². The van der Waals surface area contributed by atoms with E-state index < -0.39 is 46.0 Å². The summed E-state index contributed by atoms with van der Waals surface area (Å²) < 4.78 is 78.3. The van der Waals surface area contributed by atoms with E-state index in [1.807, 2.05) is 0 Å². The average molecular weight is 397 g/mol. The smallest absolute Gasteiger partial charge is 0.343 e. The largest absolute Gasteiger partial charge is 0.404 e. The van der Waals surface area contributed by atoms with Gasteiger partial charge in [-0.3, -0.25) is 0 Å². The van der Waals surface area contributed by atoms with E-state index in [0.717, 1.165) is 0 Å². The van der Waals surface area contributed by atoms with Crippen molar-refractivity contribution < 1.29 is 31.2 Å². The maximum atomic E-state index is 13.5. The van der Waals surface area contributed by atoms with Crippen LogP contribution in [-0.4, -0.2) is 34.4 Å². The first-order valence-corrected chi connectivity index (χ1v) is 9.38. The molecular formula is C17H23F4NO3S. The molecule has 1 aliphatic rings. The summed E-state index contributed by atoms with van der Waals surface area (Å²) in [5.74, 6) is -1.96. The van der Waals surface area contributed by atoms with Crippen molar-refractivity contribution in [1.29, 1.82) is 0 Å². The number of nitrogens with one attached hydrogen (secondary N) is 1. The average Bonchev–Trinajstić information content (AvgIpc) is 2.99. The van der Waals surface area contributed by atoms with Crippen LogP contribution < -0.4 is 4.72 Å². The fourth-order valence-corrected chi connectivity index (χ4v) is 3.43. The van der Waals surface area contributed by atoms with E-state index in [0.29, 0.717) is 5.56 Å². The van der Waals surface area contributed by atoms with E-state index in [9.17, 15) is 21.8 Å². The van der Waals surface area contributed by atoms with Gasteiger partial charge in [0.15, 0.2) is 5.79 Å². The fraction of sp³-hybridized carbons (Fsp3) is 0.647. The van der Waals surface area contributed by atoms with Crippen LogP contribution in [0.5, 0.6) is 0 Å². The van der Waals surface area contributed by atoms with Crippen LogP contribution in [0.1, 0.15) is 39.2 Å². The minimum absolute atomic E-state index is 0.158. The Kier molecular flexibility index (Phi) is 6.48. The Labute approximate surface area is 152 Å². The maximum absolute atomic E-state index is 13.5. The third kappa shape index (κ3) is 5.25. The Bertz CT molecular complexity index is 640. The van der Waals surface area contributed by atoms with Gasteiger partial charge in [-0.05, 0) is 39.3 Å². The Balaban J connectivity index is 2.18. The zero-order valence-electron chi connectivity index (χ0n) is 14.9. The van der Waals surface area contributed by atoms with Crippen LogP contribution in [-0.2, 0) is 26.2 Å². The van der Waals surface area contributed by atoms with Crippen molar-refractivity contribution in [3.8, 4) is 0 Å². The third-order valence-electron chi connectivity index (χ3n) is 3.98. The standard InChI is InChI=1S/C17H23F4NO3S/c1-15(2,3)26(23)22-14(17(19,20)21)7-8-16(24-9-10-25-16)12-5-4-6-13(18)11-12/h4-6,11,14,22H,7-10H2,1-3H3/t14-,26?/m1/s1. The molecule has 1 fully saturated rings. The van der Waals surface area contributed by atoms with Crippen molar-refractivity contribution in [2.45, 2.75) is 56.4 Å². The third-order valence-corrected chi connectivity index (χ3v) is 5.59. The number of alkyl halides is 3. The second-order valence-corrected chi connectivity index (χ2v) is 9.09. The van der Waals surface area contributed by atoms with Crippen LogP contribution in [0.3, 0.4) is 0 Å². The van der Waals surface area contributed by atoms with Crippen LogP contribution in [0.25, 0.3) is 0 Å². The minimum atomic E-state index is -4.59. The molecule has 0 spiro atoms. The lowest BCUT2D eigenvalue weighted by Gasteiger charge is -2.31. The first-order chi connectivity index (χ1) is 11.9. The summed E-state index contributed by atoms with van der Waals surface area (Å²) in [6.07, 6.45) is -5.18. The number of hydrogen-bond acceptors (Lipinski definition) is 3. The second-order valence-electron chi connectivity index (χ2n) is 7.09. The number of hydrogen-bond donors (Lipinski definition) is 1. The van der Waals surface area contributed by atoms with Crippen LogP contribution in [0.4, 0.5) is 17.6 Å². The van der Waals surface area contributed by atoms with Crippen molar-refractivity contribution in [3.05, 3.63) is 35.6 Å². The van der Waals surface area contributed by atoms with Crippen molar-refractivity contribution in [2.24, 2.45) is 0 Å². The number of benzene rings is 1. The molecule has 0 saturated carbocycles. The first-order valence-electron chi connectivity index (χ1n) is 8.23. The predicted octanol–water partition coefficient (Wildman–Crippen LogP) is 3.79. The summed E-state index contributed by atoms with van der Waals surface area (Å²) in [6, 6.07) is 3.43. The van der Waals surface area contributed by atoms with Gasteiger partial charge in [0, 0.05) is 12.0 Å². The second kappa shape index (κ2) is 7.92. The molecule has 0 aromatic heterocycles. The molecule has 1 saturated heterocycles. The van der Waals surface area contributed by atoms with Gasteiger partial charge < -0.3 is 9.47 Å². The highest BCUT2D eigenvalue weighted by atomic mass is 32.2. The predicted molar refractivity (Wildman–Crippen MR) is 90.1 cm³/mol. The highest BCUT2D eigenvalue weighted by molar-refractivity contribution is 7.84. The molecule has 0 aliphatic carbocycles. The van der Waals surface area contributed by atoms with Crippen LogP contribution in [0, 0.1) is 5.82 Å². The topological polar surface area (TPSA) is 47.6 Å². The molecule has 26 heavy (non-hydrogen) atoms. The van der Waals surface area contributed by atoms with Crippen LogP contribution in [0.2, 0.25) is 0 Å². The van der Waals surface area contributed by atoms with Gasteiger partial charge in [-0.1, -0.05) is 12.1 Å². The Morgan fingerprint density at radius 1 is 1.23 bits per heavy atom. The van der Waals surface area contributed by atoms with E-state index >= 15 is 0 Å². The number of ether oxygens (including phenoxy) is 2. The molecule has 9 heteroatoms. The Hall–Kier alpha value is -1.03. The van der Waals surface area contributed by atoms with Crippen LogP contribution >= 0.6 is 0 Å². The molecule has 0 radical (unpaired) electrons. The minimum Gasteiger partial charge on any atom is -0.343 e. The van der Waals surface area contributed by atoms with Gasteiger partial charge in [0.2, 0.25) is 0 Å². The molecule has 2 rings (SSSR count). The quantitative estimate of drug-likeness (QED) is 0.743. The molecule has 2 atom stereocenters. The zero-order chi connectivity index (χ0) is 19.6. The SMILES string of the molecule is CC(C)(C)S(=O)N[C@H](CCC1(c2cccc(F)c2)OCCO1)C(F)(F)F. The lowest BCUT2D eigenvalue weighted by Crippen LogP contribution is -2.48. The molecular weight excluding hydrogens is 374 g/mol. The molecule has 1 N–H and O–H groups in total. The summed E-state index contributed by atoms with van der Waals surface area (Å²) in [7, 11) is -1.89. The Morgan fingerprint density at radius 3 is 2.35 bits per heavy atom.